The average molecular weight is 204 g/mol. The number of nitrogens with zero attached hydrogens (tertiary/aromatic N) is 1. The zero-order chi connectivity index (χ0) is 10.8. The van der Waals surface area contributed by atoms with Gasteiger partial charge in [0.25, 0.3) is 0 Å². The Morgan fingerprint density at radius 1 is 1.40 bits per heavy atom. The number of benzene rings is 1. The van der Waals surface area contributed by atoms with Crippen LogP contribution in [0.1, 0.15) is 12.6 Å². The van der Waals surface area contributed by atoms with Crippen LogP contribution in [-0.2, 0) is 13.0 Å². The van der Waals surface area contributed by atoms with Crippen LogP contribution >= 0.6 is 0 Å². The molecule has 3 heteroatoms. The summed E-state index contributed by atoms with van der Waals surface area (Å²) in [6.45, 7) is 3.64. The Morgan fingerprint density at radius 2 is 2.20 bits per heavy atom. The molecule has 1 aromatic carbocycles. The number of aromatic hydroxyl groups is 1. The van der Waals surface area contributed by atoms with E-state index in [1.807, 2.05) is 18.2 Å². The van der Waals surface area contributed by atoms with Crippen molar-refractivity contribution in [3.63, 3.8) is 0 Å². The van der Waals surface area contributed by atoms with E-state index >= 15 is 0 Å². The first kappa shape index (κ1) is 10.1. The number of phenolic OH excluding ortho intramolecular Hbond substituents is 1. The van der Waals surface area contributed by atoms with Crippen molar-refractivity contribution >= 4 is 10.9 Å². The predicted octanol–water partition coefficient (Wildman–Crippen LogP) is 1.87. The quantitative estimate of drug-likeness (QED) is 0.801. The molecule has 0 saturated heterocycles. The highest BCUT2D eigenvalue weighted by molar-refractivity contribution is 5.87. The van der Waals surface area contributed by atoms with Crippen LogP contribution in [0.2, 0.25) is 0 Å². The second-order valence-electron chi connectivity index (χ2n) is 3.63. The van der Waals surface area contributed by atoms with E-state index in [-0.39, 0.29) is 0 Å². The number of aromatic nitrogens is 1. The van der Waals surface area contributed by atoms with E-state index in [1.54, 1.807) is 6.07 Å². The second-order valence-corrected chi connectivity index (χ2v) is 3.63. The van der Waals surface area contributed by atoms with Gasteiger partial charge >= 0.3 is 0 Å². The lowest BCUT2D eigenvalue weighted by atomic mass is 10.2. The molecule has 0 aliphatic carbocycles. The summed E-state index contributed by atoms with van der Waals surface area (Å²) in [7, 11) is 0. The first-order chi connectivity index (χ1) is 7.27. The van der Waals surface area contributed by atoms with Crippen LogP contribution in [0.3, 0.4) is 0 Å². The number of phenols is 1. The maximum absolute atomic E-state index is 9.73. The topological polar surface area (TPSA) is 51.2 Å². The normalized spacial score (nSPS) is 11.1. The zero-order valence-electron chi connectivity index (χ0n) is 8.90. The van der Waals surface area contributed by atoms with Crippen molar-refractivity contribution in [1.82, 2.24) is 4.57 Å². The SMILES string of the molecule is CCn1c(CCN)cc2c(O)cccc21. The third kappa shape index (κ3) is 1.59. The number of hydrogen-bond donors (Lipinski definition) is 2. The second kappa shape index (κ2) is 3.95. The van der Waals surface area contributed by atoms with Gasteiger partial charge in [0, 0.05) is 17.6 Å². The van der Waals surface area contributed by atoms with Crippen molar-refractivity contribution in [3.05, 3.63) is 30.0 Å². The van der Waals surface area contributed by atoms with E-state index in [0.717, 1.165) is 23.9 Å². The summed E-state index contributed by atoms with van der Waals surface area (Å²) in [4.78, 5) is 0. The summed E-state index contributed by atoms with van der Waals surface area (Å²) in [6, 6.07) is 7.64. The summed E-state index contributed by atoms with van der Waals surface area (Å²) >= 11 is 0. The Bertz CT molecular complexity index is 474. The Morgan fingerprint density at radius 3 is 2.87 bits per heavy atom. The number of rotatable bonds is 3. The maximum Gasteiger partial charge on any atom is 0.124 e. The average Bonchev–Trinajstić information content (AvgIpc) is 2.58. The molecule has 80 valence electrons. The van der Waals surface area contributed by atoms with Crippen molar-refractivity contribution in [1.29, 1.82) is 0 Å². The lowest BCUT2D eigenvalue weighted by molar-refractivity contribution is 0.481. The smallest absolute Gasteiger partial charge is 0.124 e. The standard InChI is InChI=1S/C12H16N2O/c1-2-14-9(6-7-13)8-10-11(14)4-3-5-12(10)15/h3-5,8,15H,2,6-7,13H2,1H3. The van der Waals surface area contributed by atoms with Crippen molar-refractivity contribution in [2.75, 3.05) is 6.54 Å². The molecule has 0 bridgehead atoms. The number of aryl methyl sites for hydroxylation is 1. The molecular weight excluding hydrogens is 188 g/mol. The van der Waals surface area contributed by atoms with Crippen molar-refractivity contribution < 1.29 is 5.11 Å². The fourth-order valence-corrected chi connectivity index (χ4v) is 2.05. The number of fused-ring (bicyclic) bond motifs is 1. The van der Waals surface area contributed by atoms with Gasteiger partial charge in [-0.2, -0.15) is 0 Å². The zero-order valence-corrected chi connectivity index (χ0v) is 8.90. The summed E-state index contributed by atoms with van der Waals surface area (Å²) in [5, 5.41) is 10.6. The minimum Gasteiger partial charge on any atom is -0.507 e. The van der Waals surface area contributed by atoms with Gasteiger partial charge in [-0.15, -0.1) is 0 Å². The molecule has 1 aromatic heterocycles. The van der Waals surface area contributed by atoms with E-state index in [1.165, 1.54) is 5.69 Å². The molecule has 0 aliphatic heterocycles. The monoisotopic (exact) mass is 204 g/mol. The summed E-state index contributed by atoms with van der Waals surface area (Å²) < 4.78 is 2.20. The van der Waals surface area contributed by atoms with Gasteiger partial charge in [0.2, 0.25) is 0 Å². The van der Waals surface area contributed by atoms with Gasteiger partial charge in [-0.05, 0) is 38.1 Å². The summed E-state index contributed by atoms with van der Waals surface area (Å²) in [5.74, 6) is 0.345. The maximum atomic E-state index is 9.73. The third-order valence-corrected chi connectivity index (χ3v) is 2.73. The predicted molar refractivity (Wildman–Crippen MR) is 62.0 cm³/mol. The van der Waals surface area contributed by atoms with Crippen LogP contribution in [0.25, 0.3) is 10.9 Å². The van der Waals surface area contributed by atoms with Crippen molar-refractivity contribution in [2.24, 2.45) is 5.73 Å². The lowest BCUT2D eigenvalue weighted by Crippen LogP contribution is -2.07. The Balaban J connectivity index is 2.67. The van der Waals surface area contributed by atoms with Gasteiger partial charge in [0.1, 0.15) is 5.75 Å². The highest BCUT2D eigenvalue weighted by atomic mass is 16.3. The molecular formula is C12H16N2O. The number of nitrogens with two attached hydrogens (primary N) is 1. The van der Waals surface area contributed by atoms with Gasteiger partial charge in [0.15, 0.2) is 0 Å². The fraction of sp³-hybridized carbons (Fsp3) is 0.333. The third-order valence-electron chi connectivity index (χ3n) is 2.73. The number of hydrogen-bond acceptors (Lipinski definition) is 2. The fourth-order valence-electron chi connectivity index (χ4n) is 2.05. The minimum atomic E-state index is 0.345. The summed E-state index contributed by atoms with van der Waals surface area (Å²) in [5.41, 5.74) is 7.84. The van der Waals surface area contributed by atoms with Crippen LogP contribution in [0.15, 0.2) is 24.3 Å². The first-order valence-corrected chi connectivity index (χ1v) is 5.28. The molecule has 0 saturated carbocycles. The highest BCUT2D eigenvalue weighted by Crippen LogP contribution is 2.27. The van der Waals surface area contributed by atoms with Gasteiger partial charge in [-0.3, -0.25) is 0 Å². The molecule has 2 rings (SSSR count). The molecule has 3 nitrogen and oxygen atoms in total. The molecule has 0 fully saturated rings. The lowest BCUT2D eigenvalue weighted by Gasteiger charge is -2.06. The van der Waals surface area contributed by atoms with Crippen LogP contribution in [0, 0.1) is 0 Å². The Kier molecular flexibility index (Phi) is 2.64. The van der Waals surface area contributed by atoms with E-state index < -0.39 is 0 Å². The van der Waals surface area contributed by atoms with Gasteiger partial charge in [0.05, 0.1) is 5.52 Å². The molecule has 0 atom stereocenters. The molecule has 2 aromatic rings. The largest absolute Gasteiger partial charge is 0.507 e. The van der Waals surface area contributed by atoms with Crippen LogP contribution in [0.5, 0.6) is 5.75 Å². The molecule has 0 aliphatic rings. The first-order valence-electron chi connectivity index (χ1n) is 5.28. The van der Waals surface area contributed by atoms with Crippen molar-refractivity contribution in [3.8, 4) is 5.75 Å². The molecule has 0 unspecified atom stereocenters. The van der Waals surface area contributed by atoms with E-state index in [2.05, 4.69) is 11.5 Å². The van der Waals surface area contributed by atoms with Gasteiger partial charge < -0.3 is 15.4 Å². The Labute approximate surface area is 89.1 Å². The molecule has 0 spiro atoms. The van der Waals surface area contributed by atoms with E-state index in [4.69, 9.17) is 5.73 Å². The van der Waals surface area contributed by atoms with Gasteiger partial charge in [-0.1, -0.05) is 6.07 Å². The van der Waals surface area contributed by atoms with Crippen molar-refractivity contribution in [2.45, 2.75) is 19.9 Å². The minimum absolute atomic E-state index is 0.345. The Hall–Kier alpha value is -1.48. The molecule has 15 heavy (non-hydrogen) atoms. The summed E-state index contributed by atoms with van der Waals surface area (Å²) in [6.07, 6.45) is 0.849. The van der Waals surface area contributed by atoms with Crippen LogP contribution in [-0.4, -0.2) is 16.2 Å². The van der Waals surface area contributed by atoms with Crippen LogP contribution in [0.4, 0.5) is 0 Å². The molecule has 0 amide bonds. The molecule has 1 heterocycles. The molecule has 3 N–H and O–H groups in total. The van der Waals surface area contributed by atoms with E-state index in [9.17, 15) is 5.11 Å². The van der Waals surface area contributed by atoms with Gasteiger partial charge in [-0.25, -0.2) is 0 Å². The van der Waals surface area contributed by atoms with E-state index in [0.29, 0.717) is 12.3 Å². The highest BCUT2D eigenvalue weighted by Gasteiger charge is 2.08. The van der Waals surface area contributed by atoms with Crippen LogP contribution < -0.4 is 5.73 Å². The molecule has 0 radical (unpaired) electrons.